The van der Waals surface area contributed by atoms with E-state index in [1.807, 2.05) is 19.1 Å². The molecule has 0 spiro atoms. The molecule has 0 saturated carbocycles. The van der Waals surface area contributed by atoms with Crippen molar-refractivity contribution in [1.29, 1.82) is 0 Å². The molecule has 0 saturated heterocycles. The van der Waals surface area contributed by atoms with Gasteiger partial charge >= 0.3 is 0 Å². The van der Waals surface area contributed by atoms with E-state index in [4.69, 9.17) is 16.0 Å². The van der Waals surface area contributed by atoms with Gasteiger partial charge in [-0.2, -0.15) is 0 Å². The Kier molecular flexibility index (Phi) is 3.53. The van der Waals surface area contributed by atoms with Crippen molar-refractivity contribution in [3.63, 3.8) is 0 Å². The van der Waals surface area contributed by atoms with E-state index in [0.29, 0.717) is 5.92 Å². The molecule has 0 fully saturated rings. The molecule has 0 unspecified atom stereocenters. The predicted octanol–water partition coefficient (Wildman–Crippen LogP) is 4.42. The minimum atomic E-state index is 0.204. The number of halogens is 1. The van der Waals surface area contributed by atoms with E-state index in [-0.39, 0.29) is 5.92 Å². The second-order valence-electron chi connectivity index (χ2n) is 4.63. The summed E-state index contributed by atoms with van der Waals surface area (Å²) in [5, 5.41) is 0.799. The van der Waals surface area contributed by atoms with Gasteiger partial charge in [0.1, 0.15) is 5.76 Å². The van der Waals surface area contributed by atoms with E-state index in [9.17, 15) is 0 Å². The van der Waals surface area contributed by atoms with Gasteiger partial charge in [-0.15, -0.1) is 0 Å². The molecule has 0 aliphatic heterocycles. The highest BCUT2D eigenvalue weighted by molar-refractivity contribution is 6.31. The lowest BCUT2D eigenvalue weighted by Gasteiger charge is -2.19. The second kappa shape index (κ2) is 4.92. The molecule has 17 heavy (non-hydrogen) atoms. The highest BCUT2D eigenvalue weighted by Gasteiger charge is 2.21. The summed E-state index contributed by atoms with van der Waals surface area (Å²) < 4.78 is 5.43. The van der Waals surface area contributed by atoms with Gasteiger partial charge in [0, 0.05) is 10.9 Å². The van der Waals surface area contributed by atoms with Gasteiger partial charge in [0.2, 0.25) is 0 Å². The zero-order valence-electron chi connectivity index (χ0n) is 10.3. The van der Waals surface area contributed by atoms with Crippen LogP contribution in [0, 0.1) is 12.8 Å². The minimum Gasteiger partial charge on any atom is -0.448 e. The summed E-state index contributed by atoms with van der Waals surface area (Å²) in [5.74, 6) is 1.53. The molecule has 0 aliphatic rings. The lowest BCUT2D eigenvalue weighted by Crippen LogP contribution is -2.07. The van der Waals surface area contributed by atoms with Gasteiger partial charge in [-0.1, -0.05) is 37.6 Å². The van der Waals surface area contributed by atoms with E-state index >= 15 is 0 Å². The van der Waals surface area contributed by atoms with Crippen molar-refractivity contribution in [3.8, 4) is 0 Å². The number of oxazole rings is 1. The lowest BCUT2D eigenvalue weighted by atomic mass is 9.86. The maximum atomic E-state index is 6.18. The third-order valence-electron chi connectivity index (χ3n) is 2.98. The molecule has 3 heteroatoms. The molecule has 0 amide bonds. The van der Waals surface area contributed by atoms with Crippen LogP contribution in [0.1, 0.15) is 36.7 Å². The van der Waals surface area contributed by atoms with Crippen LogP contribution in [0.2, 0.25) is 5.02 Å². The van der Waals surface area contributed by atoms with Crippen molar-refractivity contribution >= 4 is 11.6 Å². The average Bonchev–Trinajstić information content (AvgIpc) is 2.76. The van der Waals surface area contributed by atoms with Crippen LogP contribution in [-0.2, 0) is 0 Å². The molecule has 90 valence electrons. The summed E-state index contributed by atoms with van der Waals surface area (Å²) >= 11 is 6.18. The number of hydrogen-bond acceptors (Lipinski definition) is 2. The number of rotatable bonds is 3. The first-order valence-electron chi connectivity index (χ1n) is 5.74. The third-order valence-corrected chi connectivity index (χ3v) is 3.39. The quantitative estimate of drug-likeness (QED) is 0.805. The summed E-state index contributed by atoms with van der Waals surface area (Å²) in [6, 6.07) is 6.17. The van der Waals surface area contributed by atoms with Crippen molar-refractivity contribution in [3.05, 3.63) is 52.7 Å². The minimum absolute atomic E-state index is 0.204. The SMILES string of the molecule is Cc1ccc([C@@H](c2cnco2)C(C)C)cc1Cl. The van der Waals surface area contributed by atoms with Crippen LogP contribution in [0.25, 0.3) is 0 Å². The van der Waals surface area contributed by atoms with E-state index in [0.717, 1.165) is 16.3 Å². The van der Waals surface area contributed by atoms with Gasteiger partial charge in [0.25, 0.3) is 0 Å². The highest BCUT2D eigenvalue weighted by Crippen LogP contribution is 2.33. The van der Waals surface area contributed by atoms with E-state index in [1.54, 1.807) is 6.20 Å². The fraction of sp³-hybridized carbons (Fsp3) is 0.357. The summed E-state index contributed by atoms with van der Waals surface area (Å²) in [6.45, 7) is 6.34. The number of aryl methyl sites for hydroxylation is 1. The summed E-state index contributed by atoms with van der Waals surface area (Å²) in [7, 11) is 0. The normalized spacial score (nSPS) is 13.0. The Bertz CT molecular complexity index is 491. The van der Waals surface area contributed by atoms with Gasteiger partial charge < -0.3 is 4.42 Å². The van der Waals surface area contributed by atoms with Crippen molar-refractivity contribution in [2.75, 3.05) is 0 Å². The average molecular weight is 250 g/mol. The standard InChI is InChI=1S/C14H16ClNO/c1-9(2)14(13-7-16-8-17-13)11-5-4-10(3)12(15)6-11/h4-9,14H,1-3H3/t14-/m0/s1. The molecule has 2 aromatic rings. The first-order chi connectivity index (χ1) is 8.09. The monoisotopic (exact) mass is 249 g/mol. The van der Waals surface area contributed by atoms with Gasteiger partial charge in [0.15, 0.2) is 6.39 Å². The number of aromatic nitrogens is 1. The Hall–Kier alpha value is -1.28. The molecule has 0 bridgehead atoms. The Balaban J connectivity index is 2.43. The maximum absolute atomic E-state index is 6.18. The van der Waals surface area contributed by atoms with Crippen LogP contribution in [0.4, 0.5) is 0 Å². The highest BCUT2D eigenvalue weighted by atomic mass is 35.5. The maximum Gasteiger partial charge on any atom is 0.180 e. The second-order valence-corrected chi connectivity index (χ2v) is 5.04. The molecule has 1 aromatic carbocycles. The fourth-order valence-electron chi connectivity index (χ4n) is 2.06. The molecule has 0 radical (unpaired) electrons. The van der Waals surface area contributed by atoms with Crippen molar-refractivity contribution < 1.29 is 4.42 Å². The Morgan fingerprint density at radius 3 is 2.59 bits per heavy atom. The van der Waals surface area contributed by atoms with Crippen molar-refractivity contribution in [2.24, 2.45) is 5.92 Å². The molecule has 2 nitrogen and oxygen atoms in total. The van der Waals surface area contributed by atoms with Gasteiger partial charge in [-0.05, 0) is 30.0 Å². The molecule has 1 atom stereocenters. The van der Waals surface area contributed by atoms with Gasteiger partial charge in [-0.3, -0.25) is 0 Å². The molecular formula is C14H16ClNO. The number of hydrogen-bond donors (Lipinski definition) is 0. The van der Waals surface area contributed by atoms with E-state index in [1.165, 1.54) is 12.0 Å². The van der Waals surface area contributed by atoms with Gasteiger partial charge in [0.05, 0.1) is 6.20 Å². The van der Waals surface area contributed by atoms with Crippen LogP contribution in [0.3, 0.4) is 0 Å². The first kappa shape index (κ1) is 12.2. The predicted molar refractivity (Wildman–Crippen MR) is 69.4 cm³/mol. The van der Waals surface area contributed by atoms with E-state index < -0.39 is 0 Å². The lowest BCUT2D eigenvalue weighted by molar-refractivity contribution is 0.429. The molecular weight excluding hydrogens is 234 g/mol. The largest absolute Gasteiger partial charge is 0.448 e. The molecule has 0 N–H and O–H groups in total. The summed E-state index contributed by atoms with van der Waals surface area (Å²) in [5.41, 5.74) is 2.27. The number of nitrogens with zero attached hydrogens (tertiary/aromatic N) is 1. The van der Waals surface area contributed by atoms with Crippen molar-refractivity contribution in [2.45, 2.75) is 26.7 Å². The van der Waals surface area contributed by atoms with Crippen molar-refractivity contribution in [1.82, 2.24) is 4.98 Å². The Labute approximate surface area is 107 Å². The molecule has 2 rings (SSSR count). The smallest absolute Gasteiger partial charge is 0.180 e. The zero-order valence-corrected chi connectivity index (χ0v) is 11.0. The molecule has 0 aliphatic carbocycles. The summed E-state index contributed by atoms with van der Waals surface area (Å²) in [4.78, 5) is 3.99. The van der Waals surface area contributed by atoms with Crippen LogP contribution in [0.15, 0.2) is 35.2 Å². The number of benzene rings is 1. The molecule has 1 heterocycles. The van der Waals surface area contributed by atoms with Crippen LogP contribution < -0.4 is 0 Å². The first-order valence-corrected chi connectivity index (χ1v) is 6.12. The fourth-order valence-corrected chi connectivity index (χ4v) is 2.25. The molecule has 1 aromatic heterocycles. The summed E-state index contributed by atoms with van der Waals surface area (Å²) in [6.07, 6.45) is 3.25. The third kappa shape index (κ3) is 2.52. The Morgan fingerprint density at radius 2 is 2.06 bits per heavy atom. The van der Waals surface area contributed by atoms with Gasteiger partial charge in [-0.25, -0.2) is 4.98 Å². The zero-order chi connectivity index (χ0) is 12.4. The van der Waals surface area contributed by atoms with E-state index in [2.05, 4.69) is 24.9 Å². The van der Waals surface area contributed by atoms with Crippen LogP contribution in [-0.4, -0.2) is 4.98 Å². The Morgan fingerprint density at radius 1 is 1.29 bits per heavy atom. The topological polar surface area (TPSA) is 26.0 Å². The van der Waals surface area contributed by atoms with Crippen LogP contribution >= 0.6 is 11.6 Å². The van der Waals surface area contributed by atoms with Crippen LogP contribution in [0.5, 0.6) is 0 Å².